The molecule has 1 aliphatic rings. The number of aromatic nitrogens is 1. The summed E-state index contributed by atoms with van der Waals surface area (Å²) >= 11 is 0. The highest BCUT2D eigenvalue weighted by molar-refractivity contribution is 5.88. The molecule has 1 fully saturated rings. The Morgan fingerprint density at radius 2 is 1.70 bits per heavy atom. The minimum Gasteiger partial charge on any atom is -0.281 e. The molecule has 0 radical (unpaired) electrons. The molecule has 3 aromatic rings. The van der Waals surface area contributed by atoms with Crippen LogP contribution in [0, 0.1) is 12.5 Å². The lowest BCUT2D eigenvalue weighted by molar-refractivity contribution is -0.136. The fourth-order valence-electron chi connectivity index (χ4n) is 4.28. The Bertz CT molecular complexity index is 1260. The Kier molecular flexibility index (Phi) is 6.45. The zero-order valence-electron chi connectivity index (χ0n) is 17.8. The zero-order valence-corrected chi connectivity index (χ0v) is 17.8. The molecule has 1 saturated carbocycles. The van der Waals surface area contributed by atoms with E-state index in [1.807, 2.05) is 30.3 Å². The van der Waals surface area contributed by atoms with Crippen LogP contribution in [0.1, 0.15) is 36.8 Å². The molecular weight excluding hydrogens is 427 g/mol. The molecule has 0 aliphatic heterocycles. The van der Waals surface area contributed by atoms with Crippen molar-refractivity contribution in [2.75, 3.05) is 0 Å². The Morgan fingerprint density at radius 3 is 2.33 bits per heavy atom. The first-order chi connectivity index (χ1) is 15.9. The summed E-state index contributed by atoms with van der Waals surface area (Å²) in [5.74, 6) is 0.0790. The van der Waals surface area contributed by atoms with Crippen LogP contribution in [0.2, 0.25) is 0 Å². The van der Waals surface area contributed by atoms with Gasteiger partial charge in [0.2, 0.25) is 0 Å². The SMILES string of the molecule is [C-]#[N+]c1c(C(F)(F)F)cc(-c2ccccc2)n(N=C2CCCCC2Cc2ccccc2)c1=O. The zero-order chi connectivity index (χ0) is 23.4. The van der Waals surface area contributed by atoms with Crippen LogP contribution in [-0.2, 0) is 12.6 Å². The number of hydrogen-bond acceptors (Lipinski definition) is 2. The molecule has 168 valence electrons. The van der Waals surface area contributed by atoms with Gasteiger partial charge in [0, 0.05) is 17.2 Å². The predicted molar refractivity (Wildman–Crippen MR) is 122 cm³/mol. The molecule has 7 heteroatoms. The third kappa shape index (κ3) is 4.90. The van der Waals surface area contributed by atoms with E-state index in [0.717, 1.165) is 47.7 Å². The van der Waals surface area contributed by atoms with Gasteiger partial charge in [0.25, 0.3) is 11.2 Å². The van der Waals surface area contributed by atoms with Crippen molar-refractivity contribution in [1.29, 1.82) is 0 Å². The first-order valence-electron chi connectivity index (χ1n) is 10.8. The summed E-state index contributed by atoms with van der Waals surface area (Å²) in [6, 6.07) is 19.2. The third-order valence-electron chi connectivity index (χ3n) is 5.91. The van der Waals surface area contributed by atoms with E-state index in [0.29, 0.717) is 12.0 Å². The van der Waals surface area contributed by atoms with Gasteiger partial charge in [-0.15, -0.1) is 0 Å². The standard InChI is InChI=1S/C26H22F3N3O/c1-30-24-21(26(27,28)29)17-23(19-12-6-3-7-13-19)32(25(24)33)31-22-15-9-8-14-20(22)16-18-10-4-2-5-11-18/h2-7,10-13,17,20H,8-9,14-16H2. The second-order valence-electron chi connectivity index (χ2n) is 8.11. The van der Waals surface area contributed by atoms with Crippen LogP contribution >= 0.6 is 0 Å². The summed E-state index contributed by atoms with van der Waals surface area (Å²) < 4.78 is 42.0. The van der Waals surface area contributed by atoms with E-state index in [1.165, 1.54) is 0 Å². The van der Waals surface area contributed by atoms with Crippen LogP contribution < -0.4 is 5.56 Å². The van der Waals surface area contributed by atoms with Gasteiger partial charge in [-0.3, -0.25) is 4.79 Å². The van der Waals surface area contributed by atoms with Crippen LogP contribution in [0.25, 0.3) is 16.1 Å². The highest BCUT2D eigenvalue weighted by Crippen LogP contribution is 2.37. The van der Waals surface area contributed by atoms with E-state index < -0.39 is 23.0 Å². The van der Waals surface area contributed by atoms with Crippen molar-refractivity contribution in [2.45, 2.75) is 38.3 Å². The Hall–Kier alpha value is -3.66. The second kappa shape index (κ2) is 9.45. The third-order valence-corrected chi connectivity index (χ3v) is 5.91. The molecule has 0 amide bonds. The first kappa shape index (κ1) is 22.5. The maximum Gasteiger partial charge on any atom is 0.407 e. The maximum absolute atomic E-state index is 13.7. The van der Waals surface area contributed by atoms with Gasteiger partial charge in [-0.05, 0) is 37.3 Å². The quantitative estimate of drug-likeness (QED) is 0.408. The molecule has 4 nitrogen and oxygen atoms in total. The Morgan fingerprint density at radius 1 is 1.03 bits per heavy atom. The molecule has 1 aromatic heterocycles. The number of benzene rings is 2. The molecule has 1 atom stereocenters. The summed E-state index contributed by atoms with van der Waals surface area (Å²) in [5.41, 5.74) is -0.866. The lowest BCUT2D eigenvalue weighted by Gasteiger charge is -2.25. The van der Waals surface area contributed by atoms with Crippen molar-refractivity contribution in [2.24, 2.45) is 11.0 Å². The van der Waals surface area contributed by atoms with Crippen LogP contribution in [0.15, 0.2) is 76.6 Å². The van der Waals surface area contributed by atoms with Crippen LogP contribution in [0.4, 0.5) is 18.9 Å². The summed E-state index contributed by atoms with van der Waals surface area (Å²) in [6.45, 7) is 7.25. The summed E-state index contributed by atoms with van der Waals surface area (Å²) in [4.78, 5) is 16.1. The second-order valence-corrected chi connectivity index (χ2v) is 8.11. The molecule has 4 rings (SSSR count). The van der Waals surface area contributed by atoms with Gasteiger partial charge in [0.05, 0.1) is 17.8 Å². The fraction of sp³-hybridized carbons (Fsp3) is 0.269. The minimum absolute atomic E-state index is 0.0249. The van der Waals surface area contributed by atoms with Crippen molar-refractivity contribution in [3.8, 4) is 11.3 Å². The molecular formula is C26H22F3N3O. The van der Waals surface area contributed by atoms with Gasteiger partial charge < -0.3 is 0 Å². The Labute approximate surface area is 189 Å². The molecule has 1 heterocycles. The van der Waals surface area contributed by atoms with Gasteiger partial charge in [-0.25, -0.2) is 9.52 Å². The van der Waals surface area contributed by atoms with E-state index in [2.05, 4.69) is 9.95 Å². The topological polar surface area (TPSA) is 38.7 Å². The Balaban J connectivity index is 1.89. The van der Waals surface area contributed by atoms with E-state index in [-0.39, 0.29) is 11.6 Å². The van der Waals surface area contributed by atoms with Gasteiger partial charge in [-0.2, -0.15) is 18.3 Å². The number of rotatable bonds is 4. The van der Waals surface area contributed by atoms with Crippen molar-refractivity contribution < 1.29 is 13.2 Å². The van der Waals surface area contributed by atoms with Crippen molar-refractivity contribution in [3.63, 3.8) is 0 Å². The van der Waals surface area contributed by atoms with E-state index in [4.69, 9.17) is 6.57 Å². The van der Waals surface area contributed by atoms with Crippen molar-refractivity contribution >= 4 is 11.4 Å². The van der Waals surface area contributed by atoms with Crippen molar-refractivity contribution in [3.05, 3.63) is 99.6 Å². The van der Waals surface area contributed by atoms with E-state index >= 15 is 0 Å². The molecule has 1 aliphatic carbocycles. The first-order valence-corrected chi connectivity index (χ1v) is 10.8. The summed E-state index contributed by atoms with van der Waals surface area (Å²) in [6.07, 6.45) is -0.611. The maximum atomic E-state index is 13.7. The highest BCUT2D eigenvalue weighted by atomic mass is 19.4. The molecule has 2 aromatic carbocycles. The summed E-state index contributed by atoms with van der Waals surface area (Å²) in [7, 11) is 0. The molecule has 0 spiro atoms. The van der Waals surface area contributed by atoms with Crippen LogP contribution in [0.3, 0.4) is 0 Å². The molecule has 33 heavy (non-hydrogen) atoms. The number of nitrogens with zero attached hydrogens (tertiary/aromatic N) is 3. The smallest absolute Gasteiger partial charge is 0.281 e. The lowest BCUT2D eigenvalue weighted by atomic mass is 9.83. The lowest BCUT2D eigenvalue weighted by Crippen LogP contribution is -2.27. The van der Waals surface area contributed by atoms with Crippen LogP contribution in [-0.4, -0.2) is 10.4 Å². The monoisotopic (exact) mass is 449 g/mol. The summed E-state index contributed by atoms with van der Waals surface area (Å²) in [5, 5.41) is 4.61. The van der Waals surface area contributed by atoms with E-state index in [9.17, 15) is 18.0 Å². The number of hydrogen-bond donors (Lipinski definition) is 0. The number of alkyl halides is 3. The van der Waals surface area contributed by atoms with E-state index in [1.54, 1.807) is 30.3 Å². The molecule has 0 N–H and O–H groups in total. The average molecular weight is 449 g/mol. The molecule has 0 bridgehead atoms. The van der Waals surface area contributed by atoms with Gasteiger partial charge in [-0.1, -0.05) is 67.1 Å². The fourth-order valence-corrected chi connectivity index (χ4v) is 4.28. The molecule has 1 unspecified atom stereocenters. The average Bonchev–Trinajstić information content (AvgIpc) is 2.82. The van der Waals surface area contributed by atoms with Gasteiger partial charge in [0.1, 0.15) is 0 Å². The van der Waals surface area contributed by atoms with Gasteiger partial charge >= 0.3 is 6.18 Å². The van der Waals surface area contributed by atoms with Gasteiger partial charge in [0.15, 0.2) is 0 Å². The highest BCUT2D eigenvalue weighted by Gasteiger charge is 2.36. The van der Waals surface area contributed by atoms with Crippen molar-refractivity contribution in [1.82, 2.24) is 4.68 Å². The van der Waals surface area contributed by atoms with Crippen LogP contribution in [0.5, 0.6) is 0 Å². The number of halogens is 3. The normalized spacial score (nSPS) is 17.6. The predicted octanol–water partition coefficient (Wildman–Crippen LogP) is 6.72. The minimum atomic E-state index is -4.82. The molecule has 0 saturated heterocycles. The largest absolute Gasteiger partial charge is 0.407 e. The number of pyridine rings is 1.